The van der Waals surface area contributed by atoms with Crippen molar-refractivity contribution in [1.29, 1.82) is 0 Å². The first-order chi connectivity index (χ1) is 11.7. The zero-order valence-electron chi connectivity index (χ0n) is 14.1. The molecule has 3 rings (SSSR count). The van der Waals surface area contributed by atoms with Gasteiger partial charge in [0.2, 0.25) is 15.9 Å². The van der Waals surface area contributed by atoms with Gasteiger partial charge in [0, 0.05) is 0 Å². The molecule has 1 unspecified atom stereocenters. The van der Waals surface area contributed by atoms with E-state index in [1.807, 2.05) is 0 Å². The molecule has 1 aromatic heterocycles. The van der Waals surface area contributed by atoms with Crippen LogP contribution >= 0.6 is 0 Å². The summed E-state index contributed by atoms with van der Waals surface area (Å²) in [5.41, 5.74) is 5.58. The second kappa shape index (κ2) is 6.47. The fourth-order valence-electron chi connectivity index (χ4n) is 2.71. The molecule has 0 spiro atoms. The Morgan fingerprint density at radius 3 is 2.56 bits per heavy atom. The molecule has 0 aliphatic heterocycles. The van der Waals surface area contributed by atoms with E-state index in [2.05, 4.69) is 14.9 Å². The highest BCUT2D eigenvalue weighted by molar-refractivity contribution is 7.89. The molecule has 0 radical (unpaired) electrons. The van der Waals surface area contributed by atoms with Crippen LogP contribution in [0.4, 0.5) is 4.39 Å². The third-order valence-corrected chi connectivity index (χ3v) is 5.95. The van der Waals surface area contributed by atoms with Crippen LogP contribution < -0.4 is 10.5 Å². The first-order valence-electron chi connectivity index (χ1n) is 8.13. The number of benzene rings is 1. The minimum Gasteiger partial charge on any atom is -0.337 e. The lowest BCUT2D eigenvalue weighted by Gasteiger charge is -2.34. The molecule has 1 heterocycles. The Morgan fingerprint density at radius 1 is 1.32 bits per heavy atom. The molecule has 1 aliphatic carbocycles. The van der Waals surface area contributed by atoms with Crippen LogP contribution in [0.5, 0.6) is 0 Å². The molecule has 1 aliphatic rings. The lowest BCUT2D eigenvalue weighted by atomic mass is 9.77. The van der Waals surface area contributed by atoms with E-state index in [9.17, 15) is 12.8 Å². The molecule has 9 heteroatoms. The summed E-state index contributed by atoms with van der Waals surface area (Å²) in [6.45, 7) is 3.61. The van der Waals surface area contributed by atoms with E-state index in [4.69, 9.17) is 10.3 Å². The topological polar surface area (TPSA) is 111 Å². The second-order valence-corrected chi connectivity index (χ2v) is 8.42. The number of hydrogen-bond acceptors (Lipinski definition) is 6. The third-order valence-electron chi connectivity index (χ3n) is 4.47. The summed E-state index contributed by atoms with van der Waals surface area (Å²) >= 11 is 0. The predicted octanol–water partition coefficient (Wildman–Crippen LogP) is 2.22. The lowest BCUT2D eigenvalue weighted by molar-refractivity contribution is 0.227. The first-order valence-corrected chi connectivity index (χ1v) is 9.61. The molecular formula is C16H21FN4O3S. The van der Waals surface area contributed by atoms with E-state index in [-0.39, 0.29) is 11.8 Å². The van der Waals surface area contributed by atoms with Crippen molar-refractivity contribution in [3.8, 4) is 0 Å². The smallest absolute Gasteiger partial charge is 0.245 e. The fourth-order valence-corrected chi connectivity index (χ4v) is 4.13. The van der Waals surface area contributed by atoms with Crippen LogP contribution in [0, 0.1) is 11.7 Å². The van der Waals surface area contributed by atoms with Gasteiger partial charge in [-0.15, -0.1) is 0 Å². The monoisotopic (exact) mass is 368 g/mol. The Morgan fingerprint density at radius 2 is 2.00 bits per heavy atom. The normalized spacial score (nSPS) is 18.1. The van der Waals surface area contributed by atoms with E-state index >= 15 is 0 Å². The van der Waals surface area contributed by atoms with E-state index in [0.29, 0.717) is 5.82 Å². The summed E-state index contributed by atoms with van der Waals surface area (Å²) in [6, 6.07) is 4.41. The van der Waals surface area contributed by atoms with Gasteiger partial charge >= 0.3 is 0 Å². The number of aromatic nitrogens is 2. The molecule has 0 amide bonds. The van der Waals surface area contributed by atoms with Crippen LogP contribution in [0.1, 0.15) is 50.9 Å². The minimum absolute atomic E-state index is 0.127. The van der Waals surface area contributed by atoms with Crippen LogP contribution in [-0.4, -0.2) is 18.6 Å². The Hall–Kier alpha value is -1.84. The number of hydrogen-bond donors (Lipinski definition) is 2. The quantitative estimate of drug-likeness (QED) is 0.809. The largest absolute Gasteiger partial charge is 0.337 e. The van der Waals surface area contributed by atoms with Gasteiger partial charge in [-0.25, -0.2) is 12.8 Å². The van der Waals surface area contributed by atoms with E-state index < -0.39 is 32.3 Å². The molecule has 3 N–H and O–H groups in total. The highest BCUT2D eigenvalue weighted by atomic mass is 32.2. The van der Waals surface area contributed by atoms with Crippen molar-refractivity contribution in [1.82, 2.24) is 14.9 Å². The van der Waals surface area contributed by atoms with Crippen LogP contribution in [-0.2, 0) is 15.6 Å². The van der Waals surface area contributed by atoms with Crippen LogP contribution in [0.3, 0.4) is 0 Å². The molecule has 1 atom stereocenters. The predicted molar refractivity (Wildman–Crippen MR) is 88.3 cm³/mol. The number of nitrogens with zero attached hydrogens (tertiary/aromatic N) is 2. The van der Waals surface area contributed by atoms with Crippen molar-refractivity contribution in [3.05, 3.63) is 41.8 Å². The van der Waals surface area contributed by atoms with Crippen molar-refractivity contribution in [2.45, 2.75) is 49.6 Å². The van der Waals surface area contributed by atoms with Gasteiger partial charge in [-0.2, -0.15) is 9.71 Å². The van der Waals surface area contributed by atoms with Gasteiger partial charge in [0.1, 0.15) is 16.8 Å². The van der Waals surface area contributed by atoms with E-state index in [0.717, 1.165) is 25.3 Å². The van der Waals surface area contributed by atoms with Gasteiger partial charge in [0.05, 0.1) is 5.54 Å². The Kier molecular flexibility index (Phi) is 4.65. The molecule has 0 saturated heterocycles. The second-order valence-electron chi connectivity index (χ2n) is 6.74. The van der Waals surface area contributed by atoms with E-state index in [1.165, 1.54) is 18.2 Å². The number of rotatable bonds is 6. The minimum atomic E-state index is -4.09. The van der Waals surface area contributed by atoms with Gasteiger partial charge in [-0.1, -0.05) is 31.1 Å². The maximum absolute atomic E-state index is 13.9. The fraction of sp³-hybridized carbons (Fsp3) is 0.500. The average Bonchev–Trinajstić information content (AvgIpc) is 3.00. The summed E-state index contributed by atoms with van der Waals surface area (Å²) in [5.74, 6) is -0.504. The molecular weight excluding hydrogens is 347 g/mol. The van der Waals surface area contributed by atoms with Crippen molar-refractivity contribution < 1.29 is 17.3 Å². The molecule has 136 valence electrons. The third kappa shape index (κ3) is 3.44. The molecule has 7 nitrogen and oxygen atoms in total. The van der Waals surface area contributed by atoms with Gasteiger partial charge < -0.3 is 10.3 Å². The van der Waals surface area contributed by atoms with Crippen molar-refractivity contribution >= 4 is 10.0 Å². The maximum atomic E-state index is 13.9. The number of nitrogens with two attached hydrogens (primary N) is 1. The summed E-state index contributed by atoms with van der Waals surface area (Å²) in [7, 11) is -4.09. The van der Waals surface area contributed by atoms with Gasteiger partial charge in [-0.05, 0) is 37.3 Å². The number of halogens is 1. The van der Waals surface area contributed by atoms with Gasteiger partial charge in [0.25, 0.3) is 0 Å². The summed E-state index contributed by atoms with van der Waals surface area (Å²) in [6.07, 6.45) is 2.52. The lowest BCUT2D eigenvalue weighted by Crippen LogP contribution is -2.44. The molecule has 1 aromatic carbocycles. The molecule has 1 fully saturated rings. The van der Waals surface area contributed by atoms with Crippen molar-refractivity contribution in [2.75, 3.05) is 0 Å². The average molecular weight is 368 g/mol. The Labute approximate surface area is 145 Å². The summed E-state index contributed by atoms with van der Waals surface area (Å²) < 4.78 is 46.7. The summed E-state index contributed by atoms with van der Waals surface area (Å²) in [4.78, 5) is 3.88. The molecule has 0 bridgehead atoms. The zero-order chi connectivity index (χ0) is 18.2. The highest BCUT2D eigenvalue weighted by Crippen LogP contribution is 2.37. The number of nitrogens with one attached hydrogen (secondary N) is 1. The van der Waals surface area contributed by atoms with Crippen LogP contribution in [0.2, 0.25) is 0 Å². The molecule has 2 aromatic rings. The van der Waals surface area contributed by atoms with E-state index in [1.54, 1.807) is 13.8 Å². The maximum Gasteiger partial charge on any atom is 0.245 e. The van der Waals surface area contributed by atoms with Gasteiger partial charge in [0.15, 0.2) is 5.82 Å². The van der Waals surface area contributed by atoms with Crippen molar-refractivity contribution in [2.24, 2.45) is 11.7 Å². The van der Waals surface area contributed by atoms with Crippen LogP contribution in [0.15, 0.2) is 33.7 Å². The van der Waals surface area contributed by atoms with Gasteiger partial charge in [-0.3, -0.25) is 0 Å². The molecule has 1 saturated carbocycles. The van der Waals surface area contributed by atoms with Crippen molar-refractivity contribution in [3.63, 3.8) is 0 Å². The standard InChI is InChI=1S/C16H21FN4O3S/c1-10(2)13(14-19-15(20-24-14)16(18)8-5-9-16)21-25(22,23)12-7-4-3-6-11(12)17/h3-4,6-7,10,13,21H,5,8-9,18H2,1-2H3. The summed E-state index contributed by atoms with van der Waals surface area (Å²) in [5, 5.41) is 3.91. The zero-order valence-corrected chi connectivity index (χ0v) is 14.9. The Balaban J connectivity index is 1.89. The highest BCUT2D eigenvalue weighted by Gasteiger charge is 2.40. The first kappa shape index (κ1) is 18.0. The number of sulfonamides is 1. The molecule has 25 heavy (non-hydrogen) atoms. The van der Waals surface area contributed by atoms with Crippen LogP contribution in [0.25, 0.3) is 0 Å². The SMILES string of the molecule is CC(C)C(NS(=O)(=O)c1ccccc1F)c1nc(C2(N)CCC2)no1. The Bertz CT molecular complexity index is 862.